The Hall–Kier alpha value is -1.47. The van der Waals surface area contributed by atoms with E-state index in [9.17, 15) is 15.3 Å². The van der Waals surface area contributed by atoms with Gasteiger partial charge in [0.15, 0.2) is 0 Å². The molecule has 0 aliphatic carbocycles. The molecule has 2 aromatic rings. The Morgan fingerprint density at radius 3 is 2.39 bits per heavy atom. The molecule has 0 amide bonds. The summed E-state index contributed by atoms with van der Waals surface area (Å²) in [6, 6.07) is 11.9. The van der Waals surface area contributed by atoms with Gasteiger partial charge in [0.25, 0.3) is 0 Å². The van der Waals surface area contributed by atoms with Crippen LogP contribution in [-0.2, 0) is 34.7 Å². The summed E-state index contributed by atoms with van der Waals surface area (Å²) in [5.74, 6) is -1.50. The van der Waals surface area contributed by atoms with E-state index in [1.54, 1.807) is 19.1 Å². The van der Waals surface area contributed by atoms with E-state index >= 15 is 0 Å². The van der Waals surface area contributed by atoms with Gasteiger partial charge in [-0.2, -0.15) is 0 Å². The number of ether oxygens (including phenoxy) is 2. The van der Waals surface area contributed by atoms with Gasteiger partial charge in [-0.05, 0) is 48.1 Å². The molecular weight excluding hydrogens is 380 g/mol. The maximum absolute atomic E-state index is 10.7. The average molecular weight is 405 g/mol. The largest absolute Gasteiger partial charge is 0.388 e. The van der Waals surface area contributed by atoms with Crippen molar-refractivity contribution in [3.8, 4) is 0 Å². The number of benzene rings is 2. The van der Waals surface area contributed by atoms with Crippen molar-refractivity contribution in [3.63, 3.8) is 0 Å². The lowest BCUT2D eigenvalue weighted by Gasteiger charge is -2.45. The van der Waals surface area contributed by atoms with Crippen molar-refractivity contribution in [2.75, 3.05) is 0 Å². The fourth-order valence-electron chi connectivity index (χ4n) is 4.15. The van der Waals surface area contributed by atoms with Crippen molar-refractivity contribution in [1.29, 1.82) is 0 Å². The number of fused-ring (bicyclic) bond motifs is 2. The Kier molecular flexibility index (Phi) is 5.25. The molecule has 1 saturated heterocycles. The predicted molar refractivity (Wildman–Crippen MR) is 105 cm³/mol. The summed E-state index contributed by atoms with van der Waals surface area (Å²) in [5, 5.41) is 31.6. The second-order valence-corrected chi connectivity index (χ2v) is 8.01. The minimum atomic E-state index is -1.50. The number of rotatable bonds is 3. The first-order valence-electron chi connectivity index (χ1n) is 9.62. The molecule has 0 saturated carbocycles. The van der Waals surface area contributed by atoms with Crippen LogP contribution >= 0.6 is 11.6 Å². The highest BCUT2D eigenvalue weighted by Gasteiger charge is 2.57. The highest BCUT2D eigenvalue weighted by atomic mass is 35.5. The first kappa shape index (κ1) is 19.8. The lowest BCUT2D eigenvalue weighted by molar-refractivity contribution is -0.362. The van der Waals surface area contributed by atoms with E-state index in [2.05, 4.69) is 31.2 Å². The number of aryl methyl sites for hydroxylation is 1. The van der Waals surface area contributed by atoms with Crippen molar-refractivity contribution >= 4 is 11.6 Å². The molecule has 3 N–H and O–H groups in total. The second kappa shape index (κ2) is 7.41. The van der Waals surface area contributed by atoms with Crippen molar-refractivity contribution in [2.24, 2.45) is 0 Å². The number of aliphatic hydroxyl groups is 3. The first-order chi connectivity index (χ1) is 13.4. The van der Waals surface area contributed by atoms with Crippen LogP contribution in [0.2, 0.25) is 5.02 Å². The molecule has 28 heavy (non-hydrogen) atoms. The zero-order chi connectivity index (χ0) is 20.1. The van der Waals surface area contributed by atoms with Crippen LogP contribution in [0.15, 0.2) is 36.4 Å². The Balaban J connectivity index is 1.73. The summed E-state index contributed by atoms with van der Waals surface area (Å²) >= 11 is 6.51. The maximum atomic E-state index is 10.7. The third kappa shape index (κ3) is 3.07. The number of hydrogen-bond acceptors (Lipinski definition) is 5. The van der Waals surface area contributed by atoms with E-state index in [0.29, 0.717) is 17.0 Å². The van der Waals surface area contributed by atoms with Crippen molar-refractivity contribution in [3.05, 3.63) is 69.2 Å². The normalized spacial score (nSPS) is 31.9. The van der Waals surface area contributed by atoms with Gasteiger partial charge in [-0.1, -0.05) is 48.9 Å². The molecule has 150 valence electrons. The van der Waals surface area contributed by atoms with E-state index in [-0.39, 0.29) is 6.61 Å². The molecule has 6 heteroatoms. The Morgan fingerprint density at radius 1 is 1.04 bits per heavy atom. The molecule has 1 fully saturated rings. The molecule has 0 aromatic heterocycles. The fraction of sp³-hybridized carbons (Fsp3) is 0.455. The van der Waals surface area contributed by atoms with Crippen molar-refractivity contribution in [2.45, 2.75) is 63.5 Å². The molecule has 5 atom stereocenters. The quantitative estimate of drug-likeness (QED) is 0.733. The van der Waals surface area contributed by atoms with Crippen LogP contribution in [0.1, 0.15) is 41.7 Å². The van der Waals surface area contributed by atoms with E-state index in [4.69, 9.17) is 21.1 Å². The highest BCUT2D eigenvalue weighted by molar-refractivity contribution is 6.31. The Morgan fingerprint density at radius 2 is 1.71 bits per heavy atom. The molecule has 0 bridgehead atoms. The van der Waals surface area contributed by atoms with Gasteiger partial charge < -0.3 is 24.8 Å². The molecule has 2 aliphatic rings. The molecule has 2 aromatic carbocycles. The number of halogens is 1. The minimum absolute atomic E-state index is 0.213. The lowest BCUT2D eigenvalue weighted by atomic mass is 9.86. The molecule has 2 heterocycles. The molecule has 5 unspecified atom stereocenters. The van der Waals surface area contributed by atoms with Crippen LogP contribution in [0.5, 0.6) is 0 Å². The number of hydrogen-bond donors (Lipinski definition) is 3. The van der Waals surface area contributed by atoms with Gasteiger partial charge in [0.2, 0.25) is 5.79 Å². The van der Waals surface area contributed by atoms with Crippen LogP contribution in [0.4, 0.5) is 0 Å². The molecular formula is C22H25ClO5. The lowest BCUT2D eigenvalue weighted by Crippen LogP contribution is -2.61. The second-order valence-electron chi connectivity index (χ2n) is 7.60. The molecule has 0 radical (unpaired) electrons. The van der Waals surface area contributed by atoms with Crippen molar-refractivity contribution < 1.29 is 24.8 Å². The number of aliphatic hydroxyl groups excluding tert-OH is 3. The summed E-state index contributed by atoms with van der Waals surface area (Å²) in [4.78, 5) is 0. The summed E-state index contributed by atoms with van der Waals surface area (Å²) < 4.78 is 11.8. The van der Waals surface area contributed by atoms with Gasteiger partial charge in [0, 0.05) is 10.6 Å². The van der Waals surface area contributed by atoms with E-state index in [1.807, 2.05) is 0 Å². The summed E-state index contributed by atoms with van der Waals surface area (Å²) in [6.45, 7) is 3.98. The average Bonchev–Trinajstić information content (AvgIpc) is 3.07. The SMILES string of the molecule is CCc1ccc(Cc2c(Cl)ccc3c2COC32OC(C)C(O)C(O)C2O)cc1. The molecule has 5 nitrogen and oxygen atoms in total. The summed E-state index contributed by atoms with van der Waals surface area (Å²) in [7, 11) is 0. The predicted octanol–water partition coefficient (Wildman–Crippen LogP) is 2.68. The van der Waals surface area contributed by atoms with Gasteiger partial charge in [0.05, 0.1) is 12.7 Å². The zero-order valence-corrected chi connectivity index (χ0v) is 16.7. The van der Waals surface area contributed by atoms with Gasteiger partial charge in [-0.25, -0.2) is 0 Å². The van der Waals surface area contributed by atoms with Gasteiger partial charge in [-0.3, -0.25) is 0 Å². The first-order valence-corrected chi connectivity index (χ1v) is 9.99. The summed E-state index contributed by atoms with van der Waals surface area (Å²) in [6.07, 6.45) is -3.03. The maximum Gasteiger partial charge on any atom is 0.225 e. The Bertz CT molecular complexity index is 868. The summed E-state index contributed by atoms with van der Waals surface area (Å²) in [5.41, 5.74) is 4.84. The van der Waals surface area contributed by atoms with Gasteiger partial charge in [0.1, 0.15) is 18.3 Å². The third-order valence-electron chi connectivity index (χ3n) is 5.90. The van der Waals surface area contributed by atoms with Crippen LogP contribution in [0.3, 0.4) is 0 Å². The zero-order valence-electron chi connectivity index (χ0n) is 15.9. The van der Waals surface area contributed by atoms with Gasteiger partial charge in [-0.15, -0.1) is 0 Å². The monoisotopic (exact) mass is 404 g/mol. The fourth-order valence-corrected chi connectivity index (χ4v) is 4.39. The topological polar surface area (TPSA) is 79.2 Å². The third-order valence-corrected chi connectivity index (χ3v) is 6.25. The molecule has 2 aliphatic heterocycles. The van der Waals surface area contributed by atoms with Crippen LogP contribution in [0, 0.1) is 0 Å². The van der Waals surface area contributed by atoms with Crippen molar-refractivity contribution in [1.82, 2.24) is 0 Å². The Labute approximate surface area is 169 Å². The van der Waals surface area contributed by atoms with E-state index in [0.717, 1.165) is 23.1 Å². The van der Waals surface area contributed by atoms with Crippen LogP contribution in [-0.4, -0.2) is 39.7 Å². The molecule has 1 spiro atoms. The molecule has 4 rings (SSSR count). The highest BCUT2D eigenvalue weighted by Crippen LogP contribution is 2.47. The van der Waals surface area contributed by atoms with E-state index in [1.165, 1.54) is 5.56 Å². The van der Waals surface area contributed by atoms with E-state index < -0.39 is 30.2 Å². The van der Waals surface area contributed by atoms with Gasteiger partial charge >= 0.3 is 0 Å². The van der Waals surface area contributed by atoms with Crippen LogP contribution in [0.25, 0.3) is 0 Å². The minimum Gasteiger partial charge on any atom is -0.388 e. The smallest absolute Gasteiger partial charge is 0.225 e. The standard InChI is InChI=1S/C22H25ClO5/c1-3-13-4-6-14(7-5-13)10-15-16-11-27-22(17(16)8-9-18(15)23)21(26)20(25)19(24)12(2)28-22/h4-9,12,19-21,24-26H,3,10-11H2,1-2H3. The van der Waals surface area contributed by atoms with Crippen LogP contribution < -0.4 is 0 Å².